The Bertz CT molecular complexity index is 267. The normalized spacial score (nSPS) is 29.8. The smallest absolute Gasteiger partial charge is 0.225 e. The molecule has 1 saturated carbocycles. The van der Waals surface area contributed by atoms with Crippen LogP contribution in [0, 0.1) is 11.8 Å². The first kappa shape index (κ1) is 15.8. The van der Waals surface area contributed by atoms with Gasteiger partial charge in [0.25, 0.3) is 0 Å². The molecule has 1 heterocycles. The van der Waals surface area contributed by atoms with Crippen LogP contribution in [0.25, 0.3) is 0 Å². The summed E-state index contributed by atoms with van der Waals surface area (Å²) in [6, 6.07) is 0.290. The summed E-state index contributed by atoms with van der Waals surface area (Å²) < 4.78 is 0. The maximum absolute atomic E-state index is 12.5. The summed E-state index contributed by atoms with van der Waals surface area (Å²) >= 11 is 0. The fourth-order valence-electron chi connectivity index (χ4n) is 3.47. The average molecular weight is 275 g/mol. The third kappa shape index (κ3) is 3.39. The zero-order valence-corrected chi connectivity index (χ0v) is 12.3. The zero-order valence-electron chi connectivity index (χ0n) is 11.4. The van der Waals surface area contributed by atoms with Crippen LogP contribution in [0.1, 0.15) is 51.9 Å². The standard InChI is InChI=1S/C14H26N2O.ClH/c1-11-6-5-9-16(13(11)10-15)14(17)12-7-3-2-4-8-12;/h11-13H,2-10,15H2,1H3;1H. The van der Waals surface area contributed by atoms with Crippen molar-refractivity contribution >= 4 is 18.3 Å². The van der Waals surface area contributed by atoms with Crippen molar-refractivity contribution < 1.29 is 4.79 Å². The van der Waals surface area contributed by atoms with Crippen molar-refractivity contribution in [1.29, 1.82) is 0 Å². The van der Waals surface area contributed by atoms with E-state index < -0.39 is 0 Å². The van der Waals surface area contributed by atoms with Gasteiger partial charge in [-0.2, -0.15) is 0 Å². The van der Waals surface area contributed by atoms with Crippen LogP contribution < -0.4 is 5.73 Å². The maximum Gasteiger partial charge on any atom is 0.225 e. The highest BCUT2D eigenvalue weighted by molar-refractivity contribution is 5.85. The number of nitrogens with two attached hydrogens (primary N) is 1. The lowest BCUT2D eigenvalue weighted by Crippen LogP contribution is -2.53. The summed E-state index contributed by atoms with van der Waals surface area (Å²) in [5, 5.41) is 0. The third-order valence-corrected chi connectivity index (χ3v) is 4.59. The fourth-order valence-corrected chi connectivity index (χ4v) is 3.47. The molecule has 1 saturated heterocycles. The molecule has 18 heavy (non-hydrogen) atoms. The molecule has 1 aliphatic carbocycles. The molecule has 2 atom stereocenters. The van der Waals surface area contributed by atoms with Gasteiger partial charge in [-0.3, -0.25) is 4.79 Å². The topological polar surface area (TPSA) is 46.3 Å². The first-order valence-corrected chi connectivity index (χ1v) is 7.24. The first-order valence-electron chi connectivity index (χ1n) is 7.24. The number of hydrogen-bond donors (Lipinski definition) is 1. The average Bonchev–Trinajstić information content (AvgIpc) is 2.38. The molecule has 3 nitrogen and oxygen atoms in total. The zero-order chi connectivity index (χ0) is 12.3. The maximum atomic E-state index is 12.5. The van der Waals surface area contributed by atoms with Crippen LogP contribution in [0.2, 0.25) is 0 Å². The molecule has 2 rings (SSSR count). The quantitative estimate of drug-likeness (QED) is 0.841. The summed E-state index contributed by atoms with van der Waals surface area (Å²) in [7, 11) is 0. The Morgan fingerprint density at radius 3 is 2.44 bits per heavy atom. The van der Waals surface area contributed by atoms with E-state index in [-0.39, 0.29) is 18.4 Å². The number of rotatable bonds is 2. The van der Waals surface area contributed by atoms with Gasteiger partial charge in [0.05, 0.1) is 0 Å². The molecule has 106 valence electrons. The van der Waals surface area contributed by atoms with Crippen LogP contribution >= 0.6 is 12.4 Å². The summed E-state index contributed by atoms with van der Waals surface area (Å²) in [4.78, 5) is 14.6. The van der Waals surface area contributed by atoms with Crippen LogP contribution in [0.15, 0.2) is 0 Å². The van der Waals surface area contributed by atoms with Gasteiger partial charge in [0.15, 0.2) is 0 Å². The minimum atomic E-state index is 0. The molecule has 0 bridgehead atoms. The Morgan fingerprint density at radius 1 is 1.17 bits per heavy atom. The van der Waals surface area contributed by atoms with Gasteiger partial charge in [-0.25, -0.2) is 0 Å². The molecule has 0 spiro atoms. The second kappa shape index (κ2) is 7.34. The van der Waals surface area contributed by atoms with E-state index in [4.69, 9.17) is 5.73 Å². The van der Waals surface area contributed by atoms with E-state index in [2.05, 4.69) is 11.8 Å². The molecular weight excluding hydrogens is 248 g/mol. The molecule has 1 aliphatic heterocycles. The van der Waals surface area contributed by atoms with Crippen molar-refractivity contribution in [3.8, 4) is 0 Å². The minimum absolute atomic E-state index is 0. The van der Waals surface area contributed by atoms with E-state index in [1.165, 1.54) is 25.7 Å². The van der Waals surface area contributed by atoms with Crippen LogP contribution in [-0.4, -0.2) is 29.9 Å². The lowest BCUT2D eigenvalue weighted by Gasteiger charge is -2.41. The summed E-state index contributed by atoms with van der Waals surface area (Å²) in [6.07, 6.45) is 8.33. The molecule has 4 heteroatoms. The number of piperidine rings is 1. The summed E-state index contributed by atoms with van der Waals surface area (Å²) in [6.45, 7) is 3.79. The van der Waals surface area contributed by atoms with Gasteiger partial charge < -0.3 is 10.6 Å². The molecule has 2 unspecified atom stereocenters. The fraction of sp³-hybridized carbons (Fsp3) is 0.929. The lowest BCUT2D eigenvalue weighted by atomic mass is 9.85. The molecule has 0 aromatic carbocycles. The minimum Gasteiger partial charge on any atom is -0.338 e. The number of carbonyl (C=O) groups is 1. The van der Waals surface area contributed by atoms with Crippen LogP contribution in [0.5, 0.6) is 0 Å². The Hall–Kier alpha value is -0.280. The Balaban J connectivity index is 0.00000162. The second-order valence-corrected chi connectivity index (χ2v) is 5.79. The van der Waals surface area contributed by atoms with Gasteiger partial charge in [-0.05, 0) is 31.6 Å². The highest BCUT2D eigenvalue weighted by Gasteiger charge is 2.34. The van der Waals surface area contributed by atoms with Gasteiger partial charge in [0.2, 0.25) is 5.91 Å². The van der Waals surface area contributed by atoms with Crippen molar-refractivity contribution in [2.75, 3.05) is 13.1 Å². The summed E-state index contributed by atoms with van der Waals surface area (Å²) in [5.41, 5.74) is 5.86. The molecule has 0 aromatic heterocycles. The number of amides is 1. The Kier molecular flexibility index (Phi) is 6.44. The highest BCUT2D eigenvalue weighted by Crippen LogP contribution is 2.29. The van der Waals surface area contributed by atoms with Crippen molar-refractivity contribution in [3.05, 3.63) is 0 Å². The molecule has 2 N–H and O–H groups in total. The van der Waals surface area contributed by atoms with E-state index in [0.717, 1.165) is 25.8 Å². The lowest BCUT2D eigenvalue weighted by molar-refractivity contribution is -0.141. The van der Waals surface area contributed by atoms with Crippen LogP contribution in [-0.2, 0) is 4.79 Å². The van der Waals surface area contributed by atoms with E-state index in [0.29, 0.717) is 24.3 Å². The van der Waals surface area contributed by atoms with Gasteiger partial charge in [0, 0.05) is 25.0 Å². The number of carbonyl (C=O) groups excluding carboxylic acids is 1. The number of nitrogens with zero attached hydrogens (tertiary/aromatic N) is 1. The van der Waals surface area contributed by atoms with E-state index in [1.807, 2.05) is 0 Å². The van der Waals surface area contributed by atoms with Crippen LogP contribution in [0.4, 0.5) is 0 Å². The van der Waals surface area contributed by atoms with Crippen molar-refractivity contribution in [2.45, 2.75) is 57.9 Å². The molecular formula is C14H27ClN2O. The molecule has 0 aromatic rings. The third-order valence-electron chi connectivity index (χ3n) is 4.59. The number of halogens is 1. The largest absolute Gasteiger partial charge is 0.338 e. The second-order valence-electron chi connectivity index (χ2n) is 5.79. The van der Waals surface area contributed by atoms with Crippen molar-refractivity contribution in [1.82, 2.24) is 4.90 Å². The van der Waals surface area contributed by atoms with Gasteiger partial charge >= 0.3 is 0 Å². The number of likely N-dealkylation sites (tertiary alicyclic amines) is 1. The van der Waals surface area contributed by atoms with E-state index in [1.54, 1.807) is 0 Å². The van der Waals surface area contributed by atoms with Crippen molar-refractivity contribution in [3.63, 3.8) is 0 Å². The summed E-state index contributed by atoms with van der Waals surface area (Å²) in [5.74, 6) is 1.26. The monoisotopic (exact) mass is 274 g/mol. The molecule has 0 radical (unpaired) electrons. The van der Waals surface area contributed by atoms with Gasteiger partial charge in [0.1, 0.15) is 0 Å². The van der Waals surface area contributed by atoms with Crippen molar-refractivity contribution in [2.24, 2.45) is 17.6 Å². The molecule has 2 fully saturated rings. The Morgan fingerprint density at radius 2 is 1.83 bits per heavy atom. The highest BCUT2D eigenvalue weighted by atomic mass is 35.5. The first-order chi connectivity index (χ1) is 8.24. The van der Waals surface area contributed by atoms with E-state index in [9.17, 15) is 4.79 Å². The van der Waals surface area contributed by atoms with Crippen LogP contribution in [0.3, 0.4) is 0 Å². The van der Waals surface area contributed by atoms with Gasteiger partial charge in [-0.15, -0.1) is 12.4 Å². The predicted octanol–water partition coefficient (Wildman–Crippen LogP) is 2.57. The Labute approximate surface area is 117 Å². The predicted molar refractivity (Wildman–Crippen MR) is 76.8 cm³/mol. The SMILES string of the molecule is CC1CCCN(C(=O)C2CCCCC2)C1CN.Cl. The van der Waals surface area contributed by atoms with E-state index >= 15 is 0 Å². The van der Waals surface area contributed by atoms with Gasteiger partial charge in [-0.1, -0.05) is 26.2 Å². The molecule has 1 amide bonds. The molecule has 2 aliphatic rings. The number of hydrogen-bond acceptors (Lipinski definition) is 2.